The minimum atomic E-state index is -2.98. The van der Waals surface area contributed by atoms with Gasteiger partial charge in [-0.15, -0.1) is 5.10 Å². The van der Waals surface area contributed by atoms with Crippen molar-refractivity contribution in [2.24, 2.45) is 0 Å². The van der Waals surface area contributed by atoms with E-state index in [1.165, 1.54) is 31.2 Å². The summed E-state index contributed by atoms with van der Waals surface area (Å²) in [6.45, 7) is -1.93. The molecule has 1 atom stereocenters. The van der Waals surface area contributed by atoms with E-state index in [-0.39, 0.29) is 5.75 Å². The Kier molecular flexibility index (Phi) is 4.65. The van der Waals surface area contributed by atoms with E-state index in [1.807, 2.05) is 0 Å². The number of nitrogens with zero attached hydrogens (tertiary/aromatic N) is 4. The summed E-state index contributed by atoms with van der Waals surface area (Å²) in [7, 11) is 0. The molecule has 1 saturated heterocycles. The molecule has 11 heteroatoms. The topological polar surface area (TPSA) is 106 Å². The second-order valence-electron chi connectivity index (χ2n) is 6.74. The van der Waals surface area contributed by atoms with Crippen molar-refractivity contribution in [1.82, 2.24) is 25.2 Å². The second-order valence-corrected chi connectivity index (χ2v) is 6.74. The number of nitrogens with one attached hydrogen (secondary N) is 1. The van der Waals surface area contributed by atoms with Crippen molar-refractivity contribution in [2.75, 3.05) is 0 Å². The number of ether oxygens (including phenoxy) is 1. The predicted octanol–water partition coefficient (Wildman–Crippen LogP) is 1.82. The van der Waals surface area contributed by atoms with Crippen molar-refractivity contribution in [3.63, 3.8) is 0 Å². The van der Waals surface area contributed by atoms with E-state index in [2.05, 4.69) is 20.4 Å². The third-order valence-corrected chi connectivity index (χ3v) is 4.84. The average Bonchev–Trinajstić information content (AvgIpc) is 2.94. The maximum Gasteiger partial charge on any atom is 0.387 e. The number of imide groups is 1. The van der Waals surface area contributed by atoms with Crippen LogP contribution in [0.3, 0.4) is 0 Å². The van der Waals surface area contributed by atoms with Gasteiger partial charge in [-0.05, 0) is 36.8 Å². The number of rotatable bonds is 5. The predicted molar refractivity (Wildman–Crippen MR) is 99.6 cm³/mol. The molecule has 3 aromatic rings. The van der Waals surface area contributed by atoms with Crippen LogP contribution in [0.15, 0.2) is 53.3 Å². The first kappa shape index (κ1) is 19.4. The third-order valence-electron chi connectivity index (χ3n) is 4.84. The van der Waals surface area contributed by atoms with Crippen LogP contribution in [-0.2, 0) is 17.0 Å². The summed E-state index contributed by atoms with van der Waals surface area (Å²) >= 11 is 0. The molecular formula is C19H15F2N5O4. The molecule has 3 amide bonds. The zero-order chi connectivity index (χ0) is 21.5. The fraction of sp³-hybridized carbons (Fsp3) is 0.211. The molecule has 0 radical (unpaired) electrons. The van der Waals surface area contributed by atoms with Gasteiger partial charge in [-0.2, -0.15) is 13.5 Å². The SMILES string of the molecule is CC1(c2ccc(OC(F)F)cc2)NC(=O)N(Cn2nnc3ccccc3c2=O)C1=O. The van der Waals surface area contributed by atoms with Gasteiger partial charge >= 0.3 is 12.6 Å². The lowest BCUT2D eigenvalue weighted by Gasteiger charge is -2.22. The van der Waals surface area contributed by atoms with E-state index in [9.17, 15) is 23.2 Å². The summed E-state index contributed by atoms with van der Waals surface area (Å²) in [6, 6.07) is 11.2. The Balaban J connectivity index is 1.61. The summed E-state index contributed by atoms with van der Waals surface area (Å²) in [5.41, 5.74) is -1.19. The molecule has 1 aliphatic rings. The summed E-state index contributed by atoms with van der Waals surface area (Å²) in [5.74, 6) is -0.708. The quantitative estimate of drug-likeness (QED) is 0.637. The number of carbonyl (C=O) groups is 2. The summed E-state index contributed by atoms with van der Waals surface area (Å²) in [6.07, 6.45) is 0. The van der Waals surface area contributed by atoms with Crippen LogP contribution in [0.2, 0.25) is 0 Å². The highest BCUT2D eigenvalue weighted by atomic mass is 19.3. The van der Waals surface area contributed by atoms with Crippen LogP contribution < -0.4 is 15.6 Å². The number of fused-ring (bicyclic) bond motifs is 1. The van der Waals surface area contributed by atoms with Gasteiger partial charge in [0.25, 0.3) is 11.5 Å². The van der Waals surface area contributed by atoms with Crippen molar-refractivity contribution >= 4 is 22.8 Å². The van der Waals surface area contributed by atoms with Crippen molar-refractivity contribution in [3.05, 3.63) is 64.4 Å². The van der Waals surface area contributed by atoms with E-state index < -0.39 is 36.3 Å². The molecule has 1 fully saturated rings. The first-order chi connectivity index (χ1) is 14.3. The smallest absolute Gasteiger partial charge is 0.387 e. The zero-order valence-electron chi connectivity index (χ0n) is 15.6. The maximum absolute atomic E-state index is 13.0. The summed E-state index contributed by atoms with van der Waals surface area (Å²) in [5, 5.41) is 10.6. The standard InChI is InChI=1S/C19H15F2N5O4/c1-19(11-6-8-12(9-7-11)30-17(20)21)16(28)25(18(29)22-19)10-26-15(27)13-4-2-3-5-14(13)23-24-26/h2-9,17H,10H2,1H3,(H,22,29). The van der Waals surface area contributed by atoms with Gasteiger partial charge in [0.15, 0.2) is 0 Å². The average molecular weight is 415 g/mol. The van der Waals surface area contributed by atoms with Crippen LogP contribution in [0.4, 0.5) is 13.6 Å². The molecule has 1 aromatic heterocycles. The molecular weight excluding hydrogens is 400 g/mol. The molecule has 0 saturated carbocycles. The molecule has 1 N–H and O–H groups in total. The van der Waals surface area contributed by atoms with E-state index >= 15 is 0 Å². The molecule has 0 aliphatic carbocycles. The molecule has 2 aromatic carbocycles. The van der Waals surface area contributed by atoms with Gasteiger partial charge in [-0.1, -0.05) is 29.5 Å². The van der Waals surface area contributed by atoms with Crippen molar-refractivity contribution in [3.8, 4) is 5.75 Å². The number of hydrogen-bond acceptors (Lipinski definition) is 6. The summed E-state index contributed by atoms with van der Waals surface area (Å²) < 4.78 is 29.9. The van der Waals surface area contributed by atoms with Crippen LogP contribution >= 0.6 is 0 Å². The number of hydrogen-bond donors (Lipinski definition) is 1. The highest BCUT2D eigenvalue weighted by molar-refractivity contribution is 6.07. The Bertz CT molecular complexity index is 1200. The van der Waals surface area contributed by atoms with Crippen LogP contribution in [0.5, 0.6) is 5.75 Å². The van der Waals surface area contributed by atoms with Crippen LogP contribution in [0, 0.1) is 0 Å². The Morgan fingerprint density at radius 2 is 1.80 bits per heavy atom. The number of urea groups is 1. The fourth-order valence-electron chi connectivity index (χ4n) is 3.24. The number of carbonyl (C=O) groups excluding carboxylic acids is 2. The van der Waals surface area contributed by atoms with Crippen LogP contribution in [0.25, 0.3) is 10.9 Å². The van der Waals surface area contributed by atoms with Gasteiger partial charge in [0.1, 0.15) is 23.5 Å². The highest BCUT2D eigenvalue weighted by Crippen LogP contribution is 2.30. The van der Waals surface area contributed by atoms with Crippen molar-refractivity contribution < 1.29 is 23.1 Å². The Morgan fingerprint density at radius 3 is 2.50 bits per heavy atom. The largest absolute Gasteiger partial charge is 0.435 e. The molecule has 30 heavy (non-hydrogen) atoms. The minimum Gasteiger partial charge on any atom is -0.435 e. The Labute approximate surface area is 167 Å². The monoisotopic (exact) mass is 415 g/mol. The Hall–Kier alpha value is -3.89. The van der Waals surface area contributed by atoms with E-state index in [0.717, 1.165) is 9.58 Å². The van der Waals surface area contributed by atoms with E-state index in [0.29, 0.717) is 16.5 Å². The molecule has 4 rings (SSSR count). The van der Waals surface area contributed by atoms with Crippen molar-refractivity contribution in [1.29, 1.82) is 0 Å². The second kappa shape index (κ2) is 7.17. The maximum atomic E-state index is 13.0. The lowest BCUT2D eigenvalue weighted by atomic mass is 9.92. The third kappa shape index (κ3) is 3.23. The van der Waals surface area contributed by atoms with E-state index in [4.69, 9.17) is 0 Å². The molecule has 0 spiro atoms. The lowest BCUT2D eigenvalue weighted by molar-refractivity contribution is -0.132. The van der Waals surface area contributed by atoms with Gasteiger partial charge in [0.2, 0.25) is 0 Å². The van der Waals surface area contributed by atoms with Gasteiger partial charge < -0.3 is 10.1 Å². The van der Waals surface area contributed by atoms with Gasteiger partial charge in [0, 0.05) is 0 Å². The number of halogens is 2. The lowest BCUT2D eigenvalue weighted by Crippen LogP contribution is -2.42. The number of benzene rings is 2. The molecule has 154 valence electrons. The molecule has 0 bridgehead atoms. The molecule has 2 heterocycles. The number of aromatic nitrogens is 3. The van der Waals surface area contributed by atoms with Gasteiger partial charge in [-0.25, -0.2) is 9.69 Å². The summed E-state index contributed by atoms with van der Waals surface area (Å²) in [4.78, 5) is 38.9. The highest BCUT2D eigenvalue weighted by Gasteiger charge is 2.49. The zero-order valence-corrected chi connectivity index (χ0v) is 15.6. The molecule has 1 aliphatic heterocycles. The first-order valence-electron chi connectivity index (χ1n) is 8.81. The van der Waals surface area contributed by atoms with Gasteiger partial charge in [0.05, 0.1) is 5.39 Å². The number of alkyl halides is 2. The molecule has 1 unspecified atom stereocenters. The normalized spacial score (nSPS) is 18.9. The fourth-order valence-corrected chi connectivity index (χ4v) is 3.24. The van der Waals surface area contributed by atoms with Crippen LogP contribution in [-0.4, -0.2) is 38.4 Å². The first-order valence-corrected chi connectivity index (χ1v) is 8.81. The minimum absolute atomic E-state index is 0.0797. The van der Waals surface area contributed by atoms with Gasteiger partial charge in [-0.3, -0.25) is 9.59 Å². The van der Waals surface area contributed by atoms with Crippen molar-refractivity contribution in [2.45, 2.75) is 25.7 Å². The van der Waals surface area contributed by atoms with Crippen LogP contribution in [0.1, 0.15) is 12.5 Å². The Morgan fingerprint density at radius 1 is 1.10 bits per heavy atom. The number of amides is 3. The molecule has 9 nitrogen and oxygen atoms in total. The van der Waals surface area contributed by atoms with E-state index in [1.54, 1.807) is 24.3 Å².